The maximum Gasteiger partial charge on any atom is 0.160 e. The second kappa shape index (κ2) is 7.33. The van der Waals surface area contributed by atoms with Crippen molar-refractivity contribution in [3.8, 4) is 17.6 Å². The van der Waals surface area contributed by atoms with Gasteiger partial charge in [0.25, 0.3) is 0 Å². The van der Waals surface area contributed by atoms with Gasteiger partial charge in [0.2, 0.25) is 0 Å². The third-order valence-corrected chi connectivity index (χ3v) is 4.22. The van der Waals surface area contributed by atoms with Crippen LogP contribution in [-0.4, -0.2) is 38.8 Å². The zero-order valence-corrected chi connectivity index (χ0v) is 13.1. The van der Waals surface area contributed by atoms with Gasteiger partial charge in [0.1, 0.15) is 0 Å². The molecular weight excluding hydrogens is 264 g/mol. The number of benzene rings is 1. The molecule has 0 saturated carbocycles. The summed E-state index contributed by atoms with van der Waals surface area (Å²) >= 11 is 0. The first-order chi connectivity index (χ1) is 10.2. The molecule has 4 nitrogen and oxygen atoms in total. The molecule has 114 valence electrons. The molecule has 2 rings (SSSR count). The maximum atomic E-state index is 8.90. The summed E-state index contributed by atoms with van der Waals surface area (Å²) in [5.41, 5.74) is 1.32. The van der Waals surface area contributed by atoms with Crippen molar-refractivity contribution in [1.29, 1.82) is 5.26 Å². The van der Waals surface area contributed by atoms with Crippen LogP contribution in [0, 0.1) is 17.2 Å². The lowest BCUT2D eigenvalue weighted by atomic mass is 9.89. The number of methoxy groups -OCH3 is 2. The van der Waals surface area contributed by atoms with Gasteiger partial charge in [-0.3, -0.25) is 0 Å². The van der Waals surface area contributed by atoms with Gasteiger partial charge in [-0.05, 0) is 56.5 Å². The van der Waals surface area contributed by atoms with E-state index in [-0.39, 0.29) is 5.92 Å². The number of rotatable bonds is 5. The topological polar surface area (TPSA) is 45.5 Å². The lowest BCUT2D eigenvalue weighted by molar-refractivity contribution is 0.199. The van der Waals surface area contributed by atoms with E-state index in [2.05, 4.69) is 23.1 Å². The average Bonchev–Trinajstić information content (AvgIpc) is 2.54. The van der Waals surface area contributed by atoms with Crippen LogP contribution in [0.5, 0.6) is 11.5 Å². The fourth-order valence-electron chi connectivity index (χ4n) is 2.98. The fourth-order valence-corrected chi connectivity index (χ4v) is 2.98. The summed E-state index contributed by atoms with van der Waals surface area (Å²) in [7, 11) is 3.33. The minimum Gasteiger partial charge on any atom is -0.493 e. The molecule has 1 unspecified atom stereocenters. The van der Waals surface area contributed by atoms with E-state index >= 15 is 0 Å². The summed E-state index contributed by atoms with van der Waals surface area (Å²) in [5, 5.41) is 8.90. The molecule has 1 aromatic rings. The summed E-state index contributed by atoms with van der Waals surface area (Å²) in [4.78, 5) is 2.39. The number of nitriles is 1. The number of hydrogen-bond acceptors (Lipinski definition) is 4. The van der Waals surface area contributed by atoms with Crippen molar-refractivity contribution in [3.63, 3.8) is 0 Å². The Hall–Kier alpha value is -1.73. The normalized spacial score (nSPS) is 18.0. The molecule has 0 N–H and O–H groups in total. The fraction of sp³-hybridized carbons (Fsp3) is 0.588. The van der Waals surface area contributed by atoms with E-state index in [1.807, 2.05) is 13.0 Å². The Balaban J connectivity index is 1.97. The Morgan fingerprint density at radius 1 is 1.24 bits per heavy atom. The Labute approximate surface area is 127 Å². The quantitative estimate of drug-likeness (QED) is 0.835. The number of nitrogens with zero attached hydrogens (tertiary/aromatic N) is 2. The third-order valence-electron chi connectivity index (χ3n) is 4.22. The van der Waals surface area contributed by atoms with Gasteiger partial charge in [0, 0.05) is 6.54 Å². The molecule has 0 amide bonds. The molecule has 0 aromatic heterocycles. The van der Waals surface area contributed by atoms with Crippen molar-refractivity contribution in [2.24, 2.45) is 5.92 Å². The predicted octanol–water partition coefficient (Wildman–Crippen LogP) is 3.04. The van der Waals surface area contributed by atoms with E-state index < -0.39 is 0 Å². The molecule has 0 bridgehead atoms. The summed E-state index contributed by atoms with van der Waals surface area (Å²) < 4.78 is 10.7. The van der Waals surface area contributed by atoms with Crippen molar-refractivity contribution in [3.05, 3.63) is 23.8 Å². The third kappa shape index (κ3) is 3.89. The maximum absolute atomic E-state index is 8.90. The van der Waals surface area contributed by atoms with Gasteiger partial charge in [0.15, 0.2) is 11.5 Å². The lowest BCUT2D eigenvalue weighted by Gasteiger charge is -2.32. The van der Waals surface area contributed by atoms with Gasteiger partial charge in [-0.1, -0.05) is 6.07 Å². The summed E-state index contributed by atoms with van der Waals surface area (Å²) in [5.74, 6) is 2.26. The van der Waals surface area contributed by atoms with E-state index in [1.165, 1.54) is 5.56 Å². The molecule has 1 heterocycles. The Morgan fingerprint density at radius 2 is 1.90 bits per heavy atom. The second-order valence-corrected chi connectivity index (χ2v) is 5.72. The van der Waals surface area contributed by atoms with E-state index in [1.54, 1.807) is 14.2 Å². The second-order valence-electron chi connectivity index (χ2n) is 5.72. The van der Waals surface area contributed by atoms with E-state index in [0.29, 0.717) is 5.92 Å². The van der Waals surface area contributed by atoms with Gasteiger partial charge < -0.3 is 14.4 Å². The standard InChI is InChI=1S/C17H24N2O2/c1-13(11-18)12-19-8-6-14(7-9-19)15-4-5-16(20-2)17(10-15)21-3/h4-5,10,13-14H,6-9,12H2,1-3H3. The molecule has 1 fully saturated rings. The van der Waals surface area contributed by atoms with Crippen LogP contribution in [0.25, 0.3) is 0 Å². The number of ether oxygens (including phenoxy) is 2. The van der Waals surface area contributed by atoms with E-state index in [0.717, 1.165) is 44.0 Å². The van der Waals surface area contributed by atoms with Crippen molar-refractivity contribution in [2.75, 3.05) is 33.9 Å². The van der Waals surface area contributed by atoms with Gasteiger partial charge in [-0.25, -0.2) is 0 Å². The summed E-state index contributed by atoms with van der Waals surface area (Å²) in [6.45, 7) is 4.99. The highest BCUT2D eigenvalue weighted by atomic mass is 16.5. The van der Waals surface area contributed by atoms with Crippen molar-refractivity contribution >= 4 is 0 Å². The van der Waals surface area contributed by atoms with Gasteiger partial charge in [-0.15, -0.1) is 0 Å². The number of piperidine rings is 1. The number of hydrogen-bond donors (Lipinski definition) is 0. The van der Waals surface area contributed by atoms with Crippen molar-refractivity contribution < 1.29 is 9.47 Å². The molecule has 1 saturated heterocycles. The minimum atomic E-state index is 0.114. The zero-order chi connectivity index (χ0) is 15.2. The van der Waals surface area contributed by atoms with Crippen molar-refractivity contribution in [2.45, 2.75) is 25.7 Å². The summed E-state index contributed by atoms with van der Waals surface area (Å²) in [6.07, 6.45) is 2.27. The zero-order valence-electron chi connectivity index (χ0n) is 13.1. The monoisotopic (exact) mass is 288 g/mol. The van der Waals surface area contributed by atoms with Crippen LogP contribution in [0.1, 0.15) is 31.2 Å². The van der Waals surface area contributed by atoms with Crippen molar-refractivity contribution in [1.82, 2.24) is 4.90 Å². The smallest absolute Gasteiger partial charge is 0.160 e. The highest BCUT2D eigenvalue weighted by Crippen LogP contribution is 2.34. The molecule has 1 aliphatic rings. The van der Waals surface area contributed by atoms with Crippen LogP contribution in [0.3, 0.4) is 0 Å². The lowest BCUT2D eigenvalue weighted by Crippen LogP contribution is -2.35. The first-order valence-corrected chi connectivity index (χ1v) is 7.51. The molecule has 1 atom stereocenters. The molecule has 4 heteroatoms. The van der Waals surface area contributed by atoms with E-state index in [9.17, 15) is 0 Å². The van der Waals surface area contributed by atoms with Crippen LogP contribution >= 0.6 is 0 Å². The van der Waals surface area contributed by atoms with Gasteiger partial charge in [0.05, 0.1) is 26.2 Å². The predicted molar refractivity (Wildman–Crippen MR) is 82.7 cm³/mol. The summed E-state index contributed by atoms with van der Waals surface area (Å²) in [6, 6.07) is 8.53. The van der Waals surface area contributed by atoms with Crippen LogP contribution in [0.4, 0.5) is 0 Å². The largest absolute Gasteiger partial charge is 0.493 e. The molecule has 0 spiro atoms. The Kier molecular flexibility index (Phi) is 5.46. The molecule has 1 aromatic carbocycles. The first kappa shape index (κ1) is 15.7. The first-order valence-electron chi connectivity index (χ1n) is 7.51. The number of likely N-dealkylation sites (tertiary alicyclic amines) is 1. The molecule has 0 aliphatic carbocycles. The highest BCUT2D eigenvalue weighted by Gasteiger charge is 2.22. The Bertz CT molecular complexity index is 502. The Morgan fingerprint density at radius 3 is 2.48 bits per heavy atom. The molecule has 21 heavy (non-hydrogen) atoms. The van der Waals surface area contributed by atoms with E-state index in [4.69, 9.17) is 14.7 Å². The van der Waals surface area contributed by atoms with Crippen LogP contribution < -0.4 is 9.47 Å². The molecule has 0 radical (unpaired) electrons. The SMILES string of the molecule is COc1ccc(C2CCN(CC(C)C#N)CC2)cc1OC. The highest BCUT2D eigenvalue weighted by molar-refractivity contribution is 5.44. The minimum absolute atomic E-state index is 0.114. The van der Waals surface area contributed by atoms with Crippen LogP contribution in [0.15, 0.2) is 18.2 Å². The van der Waals surface area contributed by atoms with Crippen LogP contribution in [-0.2, 0) is 0 Å². The molecular formula is C17H24N2O2. The molecule has 1 aliphatic heterocycles. The van der Waals surface area contributed by atoms with Crippen LogP contribution in [0.2, 0.25) is 0 Å². The van der Waals surface area contributed by atoms with Gasteiger partial charge in [-0.2, -0.15) is 5.26 Å². The van der Waals surface area contributed by atoms with Gasteiger partial charge >= 0.3 is 0 Å². The average molecular weight is 288 g/mol.